The Labute approximate surface area is 142 Å². The molecule has 2 aromatic rings. The third-order valence-electron chi connectivity index (χ3n) is 3.85. The minimum atomic E-state index is -3.70. The number of hydrogen-bond acceptors (Lipinski definition) is 4. The predicted molar refractivity (Wildman–Crippen MR) is 92.4 cm³/mol. The Kier molecular flexibility index (Phi) is 5.41. The van der Waals surface area contributed by atoms with E-state index in [1.807, 2.05) is 32.0 Å². The zero-order valence-electron chi connectivity index (χ0n) is 14.2. The Bertz CT molecular complexity index is 859. The maximum Gasteiger partial charge on any atom is 0.337 e. The Balaban J connectivity index is 2.31. The maximum absolute atomic E-state index is 12.8. The van der Waals surface area contributed by atoms with Crippen LogP contribution < -0.4 is 0 Å². The van der Waals surface area contributed by atoms with Crippen LogP contribution in [0.1, 0.15) is 27.0 Å². The van der Waals surface area contributed by atoms with Crippen molar-refractivity contribution in [2.45, 2.75) is 25.3 Å². The van der Waals surface area contributed by atoms with Crippen LogP contribution in [0.4, 0.5) is 0 Å². The van der Waals surface area contributed by atoms with Crippen molar-refractivity contribution in [1.82, 2.24) is 4.31 Å². The second kappa shape index (κ2) is 7.15. The van der Waals surface area contributed by atoms with Gasteiger partial charge >= 0.3 is 5.97 Å². The fourth-order valence-electron chi connectivity index (χ4n) is 2.43. The van der Waals surface area contributed by atoms with Gasteiger partial charge in [0.25, 0.3) is 0 Å². The molecular weight excluding hydrogens is 326 g/mol. The number of aryl methyl sites for hydroxylation is 2. The number of nitrogens with zero attached hydrogens (tertiary/aromatic N) is 1. The van der Waals surface area contributed by atoms with Crippen LogP contribution in [0.25, 0.3) is 0 Å². The van der Waals surface area contributed by atoms with Crippen molar-refractivity contribution in [2.75, 3.05) is 14.2 Å². The van der Waals surface area contributed by atoms with Crippen molar-refractivity contribution in [2.24, 2.45) is 0 Å². The molecule has 0 amide bonds. The standard InChI is InChI=1S/C18H21NO4S/c1-13-8-9-16(14(2)10-13)12-19(3)24(21,22)17-7-5-6-15(11-17)18(20)23-4/h5-11H,12H2,1-4H3. The third kappa shape index (κ3) is 3.83. The van der Waals surface area contributed by atoms with Crippen molar-refractivity contribution in [3.05, 3.63) is 64.7 Å². The largest absolute Gasteiger partial charge is 0.465 e. The first kappa shape index (κ1) is 18.2. The fraction of sp³-hybridized carbons (Fsp3) is 0.278. The van der Waals surface area contributed by atoms with Gasteiger partial charge in [0.1, 0.15) is 0 Å². The zero-order chi connectivity index (χ0) is 17.9. The van der Waals surface area contributed by atoms with Gasteiger partial charge in [0.15, 0.2) is 0 Å². The first-order chi connectivity index (χ1) is 11.3. The Morgan fingerprint density at radius 2 is 1.83 bits per heavy atom. The van der Waals surface area contributed by atoms with Crippen molar-refractivity contribution >= 4 is 16.0 Å². The van der Waals surface area contributed by atoms with E-state index in [1.54, 1.807) is 0 Å². The van der Waals surface area contributed by atoms with E-state index in [4.69, 9.17) is 0 Å². The van der Waals surface area contributed by atoms with Gasteiger partial charge in [-0.05, 0) is 43.2 Å². The SMILES string of the molecule is COC(=O)c1cccc(S(=O)(=O)N(C)Cc2ccc(C)cc2C)c1. The summed E-state index contributed by atoms with van der Waals surface area (Å²) in [6.07, 6.45) is 0. The normalized spacial score (nSPS) is 11.5. The van der Waals surface area contributed by atoms with Crippen LogP contribution in [0.3, 0.4) is 0 Å². The predicted octanol–water partition coefficient (Wildman–Crippen LogP) is 2.91. The molecule has 24 heavy (non-hydrogen) atoms. The van der Waals surface area contributed by atoms with E-state index in [2.05, 4.69) is 4.74 Å². The number of benzene rings is 2. The summed E-state index contributed by atoms with van der Waals surface area (Å²) in [6.45, 7) is 4.22. The van der Waals surface area contributed by atoms with Gasteiger partial charge in [0.2, 0.25) is 10.0 Å². The third-order valence-corrected chi connectivity index (χ3v) is 5.65. The lowest BCUT2D eigenvalue weighted by atomic mass is 10.1. The van der Waals surface area contributed by atoms with Gasteiger partial charge in [0.05, 0.1) is 17.6 Å². The molecule has 0 radical (unpaired) electrons. The number of esters is 1. The summed E-state index contributed by atoms with van der Waals surface area (Å²) < 4.78 is 31.4. The Morgan fingerprint density at radius 1 is 1.12 bits per heavy atom. The summed E-state index contributed by atoms with van der Waals surface area (Å²) in [5.41, 5.74) is 3.32. The number of carbonyl (C=O) groups excluding carboxylic acids is 1. The van der Waals surface area contributed by atoms with Crippen molar-refractivity contribution in [1.29, 1.82) is 0 Å². The second-order valence-corrected chi connectivity index (χ2v) is 7.76. The summed E-state index contributed by atoms with van der Waals surface area (Å²) in [7, 11) is -0.916. The molecule has 0 N–H and O–H groups in total. The molecule has 0 aliphatic carbocycles. The fourth-order valence-corrected chi connectivity index (χ4v) is 3.62. The van der Waals surface area contributed by atoms with Crippen LogP contribution in [0, 0.1) is 13.8 Å². The smallest absolute Gasteiger partial charge is 0.337 e. The highest BCUT2D eigenvalue weighted by molar-refractivity contribution is 7.89. The summed E-state index contributed by atoms with van der Waals surface area (Å²) in [6, 6.07) is 11.8. The van der Waals surface area contributed by atoms with E-state index < -0.39 is 16.0 Å². The molecule has 0 saturated heterocycles. The molecule has 2 aromatic carbocycles. The Morgan fingerprint density at radius 3 is 2.46 bits per heavy atom. The van der Waals surface area contributed by atoms with E-state index in [0.717, 1.165) is 16.7 Å². The molecule has 5 nitrogen and oxygen atoms in total. The van der Waals surface area contributed by atoms with Crippen LogP contribution in [-0.4, -0.2) is 32.8 Å². The van der Waals surface area contributed by atoms with E-state index in [9.17, 15) is 13.2 Å². The number of methoxy groups -OCH3 is 1. The first-order valence-corrected chi connectivity index (χ1v) is 8.90. The molecule has 0 atom stereocenters. The van der Waals surface area contributed by atoms with Gasteiger partial charge in [-0.3, -0.25) is 0 Å². The highest BCUT2D eigenvalue weighted by Crippen LogP contribution is 2.20. The van der Waals surface area contributed by atoms with Gasteiger partial charge in [-0.15, -0.1) is 0 Å². The average Bonchev–Trinajstić information content (AvgIpc) is 2.56. The quantitative estimate of drug-likeness (QED) is 0.780. The molecular formula is C18H21NO4S. The highest BCUT2D eigenvalue weighted by atomic mass is 32.2. The minimum absolute atomic E-state index is 0.0673. The molecule has 0 heterocycles. The topological polar surface area (TPSA) is 63.7 Å². The van der Waals surface area contributed by atoms with E-state index >= 15 is 0 Å². The van der Waals surface area contributed by atoms with Crippen molar-refractivity contribution < 1.29 is 17.9 Å². The number of ether oxygens (including phenoxy) is 1. The zero-order valence-corrected chi connectivity index (χ0v) is 15.1. The number of carbonyl (C=O) groups is 1. The number of rotatable bonds is 5. The summed E-state index contributed by atoms with van der Waals surface area (Å²) in [5.74, 6) is -0.566. The van der Waals surface area contributed by atoms with Crippen LogP contribution in [0.5, 0.6) is 0 Å². The molecule has 0 bridgehead atoms. The molecule has 0 aromatic heterocycles. The second-order valence-electron chi connectivity index (χ2n) is 5.71. The van der Waals surface area contributed by atoms with E-state index in [-0.39, 0.29) is 17.0 Å². The van der Waals surface area contributed by atoms with Crippen molar-refractivity contribution in [3.63, 3.8) is 0 Å². The summed E-state index contributed by atoms with van der Waals surface area (Å²) in [4.78, 5) is 11.7. The lowest BCUT2D eigenvalue weighted by Crippen LogP contribution is -2.27. The number of sulfonamides is 1. The van der Waals surface area contributed by atoms with Crippen LogP contribution in [0.15, 0.2) is 47.4 Å². The molecule has 0 fully saturated rings. The molecule has 6 heteroatoms. The molecule has 128 valence electrons. The van der Waals surface area contributed by atoms with Crippen LogP contribution >= 0.6 is 0 Å². The van der Waals surface area contributed by atoms with Gasteiger partial charge < -0.3 is 4.74 Å². The number of hydrogen-bond donors (Lipinski definition) is 0. The van der Waals surface area contributed by atoms with Gasteiger partial charge in [-0.25, -0.2) is 13.2 Å². The monoisotopic (exact) mass is 347 g/mol. The molecule has 0 aliphatic heterocycles. The summed E-state index contributed by atoms with van der Waals surface area (Å²) in [5, 5.41) is 0. The van der Waals surface area contributed by atoms with Crippen LogP contribution in [0.2, 0.25) is 0 Å². The van der Waals surface area contributed by atoms with Gasteiger partial charge in [-0.2, -0.15) is 4.31 Å². The van der Waals surface area contributed by atoms with Gasteiger partial charge in [0, 0.05) is 13.6 Å². The van der Waals surface area contributed by atoms with Crippen LogP contribution in [-0.2, 0) is 21.3 Å². The lowest BCUT2D eigenvalue weighted by molar-refractivity contribution is 0.0600. The molecule has 0 unspecified atom stereocenters. The Hall–Kier alpha value is -2.18. The highest BCUT2D eigenvalue weighted by Gasteiger charge is 2.22. The first-order valence-electron chi connectivity index (χ1n) is 7.46. The molecule has 0 aliphatic rings. The van der Waals surface area contributed by atoms with Crippen molar-refractivity contribution in [3.8, 4) is 0 Å². The summed E-state index contributed by atoms with van der Waals surface area (Å²) >= 11 is 0. The molecule has 2 rings (SSSR count). The van der Waals surface area contributed by atoms with E-state index in [0.29, 0.717) is 0 Å². The van der Waals surface area contributed by atoms with Gasteiger partial charge in [-0.1, -0.05) is 29.8 Å². The maximum atomic E-state index is 12.8. The lowest BCUT2D eigenvalue weighted by Gasteiger charge is -2.19. The van der Waals surface area contributed by atoms with E-state index in [1.165, 1.54) is 42.7 Å². The minimum Gasteiger partial charge on any atom is -0.465 e. The molecule has 0 spiro atoms. The average molecular weight is 347 g/mol. The molecule has 0 saturated carbocycles.